The molecule has 1 aliphatic carbocycles. The molecule has 2 saturated heterocycles. The highest BCUT2D eigenvalue weighted by Gasteiger charge is 2.55. The van der Waals surface area contributed by atoms with Gasteiger partial charge in [-0.15, -0.1) is 0 Å². The number of rotatable bonds is 3. The number of nitrogens with zero attached hydrogens (tertiary/aromatic N) is 4. The quantitative estimate of drug-likeness (QED) is 0.810. The van der Waals surface area contributed by atoms with E-state index in [1.807, 2.05) is 12.1 Å². The van der Waals surface area contributed by atoms with Crippen LogP contribution in [0.1, 0.15) is 36.8 Å². The van der Waals surface area contributed by atoms with E-state index in [-0.39, 0.29) is 0 Å². The fourth-order valence-electron chi connectivity index (χ4n) is 5.92. The average Bonchev–Trinajstić information content (AvgIpc) is 3.17. The molecule has 1 aromatic carbocycles. The Kier molecular flexibility index (Phi) is 4.55. The number of piperidine rings is 2. The zero-order valence-electron chi connectivity index (χ0n) is 17.2. The molecule has 0 spiro atoms. The predicted molar refractivity (Wildman–Crippen MR) is 112 cm³/mol. The summed E-state index contributed by atoms with van der Waals surface area (Å²) in [6, 6.07) is 10.2. The van der Waals surface area contributed by atoms with Crippen molar-refractivity contribution in [1.82, 2.24) is 14.8 Å². The molecule has 2 aliphatic heterocycles. The Labute approximate surface area is 172 Å². The van der Waals surface area contributed by atoms with E-state index in [9.17, 15) is 10.1 Å². The summed E-state index contributed by atoms with van der Waals surface area (Å²) >= 11 is 0. The first-order valence-corrected chi connectivity index (χ1v) is 10.8. The highest BCUT2D eigenvalue weighted by molar-refractivity contribution is 5.87. The number of benzene rings is 1. The average molecular weight is 389 g/mol. The molecule has 0 unspecified atom stereocenters. The number of hydrogen-bond donors (Lipinski definition) is 0. The first kappa shape index (κ1) is 18.6. The van der Waals surface area contributed by atoms with Crippen LogP contribution in [0, 0.1) is 35.0 Å². The molecule has 1 aromatic heterocycles. The first-order chi connectivity index (χ1) is 14.0. The monoisotopic (exact) mass is 388 g/mol. The van der Waals surface area contributed by atoms with E-state index in [2.05, 4.69) is 47.0 Å². The fourth-order valence-corrected chi connectivity index (χ4v) is 5.92. The van der Waals surface area contributed by atoms with Crippen molar-refractivity contribution in [2.75, 3.05) is 33.2 Å². The predicted octanol–water partition coefficient (Wildman–Crippen LogP) is 3.26. The van der Waals surface area contributed by atoms with Crippen molar-refractivity contribution in [1.29, 1.82) is 5.26 Å². The van der Waals surface area contributed by atoms with Crippen LogP contribution in [-0.2, 0) is 4.79 Å². The summed E-state index contributed by atoms with van der Waals surface area (Å²) in [6.07, 6.45) is 3.54. The summed E-state index contributed by atoms with van der Waals surface area (Å²) in [5.74, 6) is 3.21. The molecule has 5 nitrogen and oxygen atoms in total. The van der Waals surface area contributed by atoms with Crippen LogP contribution in [0.3, 0.4) is 0 Å². The molecule has 5 rings (SSSR count). The van der Waals surface area contributed by atoms with Gasteiger partial charge in [-0.1, -0.05) is 19.1 Å². The normalized spacial score (nSPS) is 31.5. The van der Waals surface area contributed by atoms with Crippen molar-refractivity contribution in [3.63, 3.8) is 0 Å². The second-order valence-corrected chi connectivity index (χ2v) is 9.47. The van der Waals surface area contributed by atoms with Gasteiger partial charge in [0.15, 0.2) is 0 Å². The van der Waals surface area contributed by atoms with Crippen LogP contribution >= 0.6 is 0 Å². The zero-order chi connectivity index (χ0) is 20.1. The third-order valence-corrected chi connectivity index (χ3v) is 7.34. The topological polar surface area (TPSA) is 60.2 Å². The fraction of sp³-hybridized carbons (Fsp3) is 0.542. The van der Waals surface area contributed by atoms with E-state index in [1.165, 1.54) is 5.56 Å². The van der Waals surface area contributed by atoms with Gasteiger partial charge in [0.2, 0.25) is 5.91 Å². The smallest absolute Gasteiger partial charge is 0.222 e. The van der Waals surface area contributed by atoms with Gasteiger partial charge in [-0.05, 0) is 54.8 Å². The van der Waals surface area contributed by atoms with Crippen LogP contribution < -0.4 is 0 Å². The number of carbonyl (C=O) groups is 1. The molecule has 150 valence electrons. The SMILES string of the molecule is C[C@@H]1C[C@@H](c2ccc(C#N)c3ncccc23)CN(C(=O)C[C@@H]2[C@H]3CN(C)C[C@@H]23)C1. The highest BCUT2D eigenvalue weighted by Crippen LogP contribution is 2.53. The summed E-state index contributed by atoms with van der Waals surface area (Å²) in [7, 11) is 2.18. The number of hydrogen-bond acceptors (Lipinski definition) is 4. The van der Waals surface area contributed by atoms with Crippen molar-refractivity contribution in [2.45, 2.75) is 25.7 Å². The molecule has 29 heavy (non-hydrogen) atoms. The first-order valence-electron chi connectivity index (χ1n) is 10.8. The van der Waals surface area contributed by atoms with E-state index in [1.54, 1.807) is 6.20 Å². The lowest BCUT2D eigenvalue weighted by molar-refractivity contribution is -0.133. The third-order valence-electron chi connectivity index (χ3n) is 7.34. The van der Waals surface area contributed by atoms with E-state index >= 15 is 0 Å². The third kappa shape index (κ3) is 3.30. The van der Waals surface area contributed by atoms with Crippen molar-refractivity contribution in [3.8, 4) is 6.07 Å². The molecule has 0 N–H and O–H groups in total. The lowest BCUT2D eigenvalue weighted by Gasteiger charge is -2.37. The number of likely N-dealkylation sites (tertiary alicyclic amines) is 2. The minimum atomic E-state index is 0.298. The van der Waals surface area contributed by atoms with Crippen LogP contribution in [0.15, 0.2) is 30.5 Å². The van der Waals surface area contributed by atoms with Gasteiger partial charge in [0.25, 0.3) is 0 Å². The Morgan fingerprint density at radius 1 is 1.21 bits per heavy atom. The van der Waals surface area contributed by atoms with Crippen molar-refractivity contribution in [3.05, 3.63) is 41.6 Å². The van der Waals surface area contributed by atoms with Crippen LogP contribution in [0.25, 0.3) is 10.9 Å². The second kappa shape index (κ2) is 7.11. The van der Waals surface area contributed by atoms with Crippen LogP contribution in [0.5, 0.6) is 0 Å². The van der Waals surface area contributed by atoms with Gasteiger partial charge in [0, 0.05) is 50.1 Å². The molecular formula is C24H28N4O. The Bertz CT molecular complexity index is 984. The molecule has 5 heteroatoms. The standard InChI is InChI=1S/C24H28N4O/c1-15-8-17(18-6-5-16(10-25)24-19(18)4-3-7-26-24)12-28(11-15)23(29)9-20-21-13-27(2)14-22(20)21/h3-7,15,17,20-22H,8-9,11-14H2,1-2H3/t15-,17-,20-,21-,22+/m1/s1. The maximum atomic E-state index is 13.1. The van der Waals surface area contributed by atoms with E-state index in [0.29, 0.717) is 29.2 Å². The van der Waals surface area contributed by atoms with Crippen molar-refractivity contribution < 1.29 is 4.79 Å². The number of nitriles is 1. The molecule has 2 aromatic rings. The number of amides is 1. The molecule has 0 bridgehead atoms. The maximum Gasteiger partial charge on any atom is 0.222 e. The summed E-state index contributed by atoms with van der Waals surface area (Å²) in [5.41, 5.74) is 2.62. The lowest BCUT2D eigenvalue weighted by Crippen LogP contribution is -2.43. The zero-order valence-corrected chi connectivity index (χ0v) is 17.2. The molecule has 3 aliphatic rings. The van der Waals surface area contributed by atoms with Crippen LogP contribution in [0.2, 0.25) is 0 Å². The number of pyridine rings is 1. The summed E-state index contributed by atoms with van der Waals surface area (Å²) in [4.78, 5) is 22.1. The number of fused-ring (bicyclic) bond motifs is 2. The molecule has 1 amide bonds. The number of aromatic nitrogens is 1. The van der Waals surface area contributed by atoms with Gasteiger partial charge in [0.05, 0.1) is 11.1 Å². The summed E-state index contributed by atoms with van der Waals surface area (Å²) in [5, 5.41) is 10.5. The van der Waals surface area contributed by atoms with E-state index < -0.39 is 0 Å². The van der Waals surface area contributed by atoms with Gasteiger partial charge in [-0.2, -0.15) is 5.26 Å². The Morgan fingerprint density at radius 3 is 2.76 bits per heavy atom. The van der Waals surface area contributed by atoms with Gasteiger partial charge < -0.3 is 9.80 Å². The van der Waals surface area contributed by atoms with Gasteiger partial charge in [-0.25, -0.2) is 0 Å². The molecule has 0 radical (unpaired) electrons. The lowest BCUT2D eigenvalue weighted by atomic mass is 9.83. The second-order valence-electron chi connectivity index (χ2n) is 9.47. The molecule has 3 heterocycles. The Balaban J connectivity index is 1.35. The van der Waals surface area contributed by atoms with Gasteiger partial charge in [0.1, 0.15) is 6.07 Å². The minimum Gasteiger partial charge on any atom is -0.342 e. The largest absolute Gasteiger partial charge is 0.342 e. The minimum absolute atomic E-state index is 0.298. The van der Waals surface area contributed by atoms with E-state index in [4.69, 9.17) is 0 Å². The van der Waals surface area contributed by atoms with Crippen LogP contribution in [0.4, 0.5) is 0 Å². The molecule has 1 saturated carbocycles. The number of carbonyl (C=O) groups excluding carboxylic acids is 1. The maximum absolute atomic E-state index is 13.1. The Hall–Kier alpha value is -2.45. The molecule has 3 fully saturated rings. The summed E-state index contributed by atoms with van der Waals surface area (Å²) in [6.45, 7) is 6.21. The Morgan fingerprint density at radius 2 is 2.00 bits per heavy atom. The molecular weight excluding hydrogens is 360 g/mol. The van der Waals surface area contributed by atoms with Crippen LogP contribution in [-0.4, -0.2) is 53.9 Å². The molecule has 5 atom stereocenters. The van der Waals surface area contributed by atoms with Crippen molar-refractivity contribution in [2.24, 2.45) is 23.7 Å². The van der Waals surface area contributed by atoms with Gasteiger partial charge >= 0.3 is 0 Å². The van der Waals surface area contributed by atoms with E-state index in [0.717, 1.165) is 61.8 Å². The summed E-state index contributed by atoms with van der Waals surface area (Å²) < 4.78 is 0. The van der Waals surface area contributed by atoms with Gasteiger partial charge in [-0.3, -0.25) is 9.78 Å². The van der Waals surface area contributed by atoms with Crippen molar-refractivity contribution >= 4 is 16.8 Å². The highest BCUT2D eigenvalue weighted by atomic mass is 16.2.